The van der Waals surface area contributed by atoms with Crippen molar-refractivity contribution in [1.82, 2.24) is 24.6 Å². The lowest BCUT2D eigenvalue weighted by atomic mass is 10.1. The Balaban J connectivity index is 1.48. The number of pyridine rings is 1. The van der Waals surface area contributed by atoms with Crippen LogP contribution in [0.5, 0.6) is 0 Å². The molecule has 0 atom stereocenters. The topological polar surface area (TPSA) is 70.9 Å². The molecule has 0 saturated carbocycles. The van der Waals surface area contributed by atoms with Crippen molar-refractivity contribution in [3.05, 3.63) is 84.7 Å². The lowest BCUT2D eigenvalue weighted by Gasteiger charge is -2.11. The third-order valence-electron chi connectivity index (χ3n) is 5.10. The Hall–Kier alpha value is -4.00. The van der Waals surface area contributed by atoms with Gasteiger partial charge in [-0.1, -0.05) is 30.9 Å². The highest BCUT2D eigenvalue weighted by Gasteiger charge is 2.12. The number of rotatable bonds is 6. The van der Waals surface area contributed by atoms with Gasteiger partial charge in [0.15, 0.2) is 5.65 Å². The molecule has 5 rings (SSSR count). The van der Waals surface area contributed by atoms with Gasteiger partial charge in [0.05, 0.1) is 18.1 Å². The number of aromatic amines is 1. The van der Waals surface area contributed by atoms with Crippen LogP contribution >= 0.6 is 0 Å². The number of benzene rings is 1. The zero-order valence-electron chi connectivity index (χ0n) is 16.1. The van der Waals surface area contributed by atoms with Crippen molar-refractivity contribution < 1.29 is 4.39 Å². The molecule has 0 unspecified atom stereocenters. The van der Waals surface area contributed by atoms with E-state index in [2.05, 4.69) is 44.1 Å². The normalized spacial score (nSPS) is 11.2. The van der Waals surface area contributed by atoms with Crippen LogP contribution in [0.15, 0.2) is 67.8 Å². The minimum Gasteiger partial charge on any atom is -0.370 e. The number of nitrogens with one attached hydrogen (secondary N) is 2. The third-order valence-corrected chi connectivity index (χ3v) is 5.10. The van der Waals surface area contributed by atoms with Crippen molar-refractivity contribution in [3.63, 3.8) is 0 Å². The van der Waals surface area contributed by atoms with Gasteiger partial charge >= 0.3 is 0 Å². The van der Waals surface area contributed by atoms with Gasteiger partial charge < -0.3 is 10.3 Å². The Kier molecular flexibility index (Phi) is 4.48. The molecule has 4 aromatic heterocycles. The van der Waals surface area contributed by atoms with E-state index in [1.54, 1.807) is 23.0 Å². The van der Waals surface area contributed by atoms with E-state index in [-0.39, 0.29) is 0 Å². The van der Waals surface area contributed by atoms with E-state index in [0.29, 0.717) is 23.4 Å². The molecule has 148 valence electrons. The van der Waals surface area contributed by atoms with Gasteiger partial charge in [-0.05, 0) is 24.1 Å². The summed E-state index contributed by atoms with van der Waals surface area (Å²) in [6.45, 7) is 4.53. The Morgan fingerprint density at radius 1 is 1.17 bits per heavy atom. The van der Waals surface area contributed by atoms with Gasteiger partial charge in [-0.3, -0.25) is 4.98 Å². The molecule has 0 bridgehead atoms. The summed E-state index contributed by atoms with van der Waals surface area (Å²) in [6, 6.07) is 11.5. The molecule has 6 nitrogen and oxygen atoms in total. The first-order valence-electron chi connectivity index (χ1n) is 9.64. The predicted molar refractivity (Wildman–Crippen MR) is 117 cm³/mol. The zero-order chi connectivity index (χ0) is 20.5. The van der Waals surface area contributed by atoms with E-state index in [9.17, 15) is 4.39 Å². The maximum atomic E-state index is 13.7. The number of fused-ring (bicyclic) bond motifs is 2. The Morgan fingerprint density at radius 3 is 2.93 bits per heavy atom. The highest BCUT2D eigenvalue weighted by atomic mass is 19.1. The molecule has 4 heterocycles. The Morgan fingerprint density at radius 2 is 2.07 bits per heavy atom. The molecule has 5 aromatic rings. The third kappa shape index (κ3) is 3.20. The van der Waals surface area contributed by atoms with E-state index >= 15 is 0 Å². The Bertz CT molecular complexity index is 1370. The largest absolute Gasteiger partial charge is 0.370 e. The second-order valence-electron chi connectivity index (χ2n) is 6.99. The van der Waals surface area contributed by atoms with Gasteiger partial charge in [0.1, 0.15) is 11.6 Å². The molecule has 0 aliphatic heterocycles. The van der Waals surface area contributed by atoms with Crippen molar-refractivity contribution in [1.29, 1.82) is 0 Å². The van der Waals surface area contributed by atoms with E-state index in [1.807, 2.05) is 24.4 Å². The summed E-state index contributed by atoms with van der Waals surface area (Å²) in [4.78, 5) is 11.9. The Labute approximate surface area is 172 Å². The van der Waals surface area contributed by atoms with E-state index < -0.39 is 5.82 Å². The van der Waals surface area contributed by atoms with Crippen molar-refractivity contribution in [2.24, 2.45) is 0 Å². The molecule has 0 aliphatic rings. The maximum Gasteiger partial charge on any atom is 0.165 e. The van der Waals surface area contributed by atoms with Crippen molar-refractivity contribution in [3.8, 4) is 11.3 Å². The van der Waals surface area contributed by atoms with Gasteiger partial charge in [0.25, 0.3) is 0 Å². The molecule has 0 radical (unpaired) electrons. The van der Waals surface area contributed by atoms with Gasteiger partial charge in [0.2, 0.25) is 0 Å². The van der Waals surface area contributed by atoms with Crippen LogP contribution in [-0.2, 0) is 6.42 Å². The average molecular weight is 398 g/mol. The predicted octanol–water partition coefficient (Wildman–Crippen LogP) is 4.71. The van der Waals surface area contributed by atoms with Crippen LogP contribution in [0.2, 0.25) is 0 Å². The number of nitrogens with zero attached hydrogens (tertiary/aromatic N) is 4. The summed E-state index contributed by atoms with van der Waals surface area (Å²) >= 11 is 0. The summed E-state index contributed by atoms with van der Waals surface area (Å²) in [5.74, 6) is 0.368. The smallest absolute Gasteiger partial charge is 0.165 e. The monoisotopic (exact) mass is 398 g/mol. The van der Waals surface area contributed by atoms with Crippen LogP contribution in [-0.4, -0.2) is 31.1 Å². The second kappa shape index (κ2) is 7.44. The summed E-state index contributed by atoms with van der Waals surface area (Å²) in [5, 5.41) is 9.10. The quantitative estimate of drug-likeness (QED) is 0.435. The number of halogens is 1. The van der Waals surface area contributed by atoms with Crippen molar-refractivity contribution >= 4 is 28.4 Å². The lowest BCUT2D eigenvalue weighted by Crippen LogP contribution is -2.10. The van der Waals surface area contributed by atoms with Crippen LogP contribution < -0.4 is 5.32 Å². The summed E-state index contributed by atoms with van der Waals surface area (Å²) in [7, 11) is 0. The van der Waals surface area contributed by atoms with Crippen molar-refractivity contribution in [2.75, 3.05) is 11.9 Å². The average Bonchev–Trinajstić information content (AvgIpc) is 3.38. The molecule has 7 heteroatoms. The molecule has 0 amide bonds. The van der Waals surface area contributed by atoms with Crippen LogP contribution in [0.4, 0.5) is 10.2 Å². The van der Waals surface area contributed by atoms with E-state index in [1.165, 1.54) is 23.2 Å². The van der Waals surface area contributed by atoms with Crippen LogP contribution in [0, 0.1) is 5.82 Å². The molecular weight excluding hydrogens is 379 g/mol. The van der Waals surface area contributed by atoms with E-state index in [4.69, 9.17) is 0 Å². The highest BCUT2D eigenvalue weighted by Crippen LogP contribution is 2.24. The number of hydrogen-bond donors (Lipinski definition) is 2. The SMILES string of the molecule is C=Cc1cnn2c(NCCc3c[nH]c4ccccc34)cc(-c3cncc(F)c3)nc12. The summed E-state index contributed by atoms with van der Waals surface area (Å²) < 4.78 is 15.4. The van der Waals surface area contributed by atoms with Gasteiger partial charge in [-0.2, -0.15) is 9.61 Å². The van der Waals surface area contributed by atoms with Crippen molar-refractivity contribution in [2.45, 2.75) is 6.42 Å². The minimum absolute atomic E-state index is 0.402. The minimum atomic E-state index is -0.402. The summed E-state index contributed by atoms with van der Waals surface area (Å²) in [5.41, 5.74) is 5.05. The first kappa shape index (κ1) is 18.1. The fraction of sp³-hybridized carbons (Fsp3) is 0.0870. The number of para-hydroxylation sites is 1. The molecule has 1 aromatic carbocycles. The van der Waals surface area contributed by atoms with Gasteiger partial charge in [-0.25, -0.2) is 9.37 Å². The molecular formula is C23H19FN6. The molecule has 30 heavy (non-hydrogen) atoms. The molecule has 0 saturated heterocycles. The fourth-order valence-electron chi connectivity index (χ4n) is 3.61. The zero-order valence-corrected chi connectivity index (χ0v) is 16.1. The molecule has 2 N–H and O–H groups in total. The molecule has 0 aliphatic carbocycles. The number of aromatic nitrogens is 5. The van der Waals surface area contributed by atoms with Gasteiger partial charge in [0, 0.05) is 47.0 Å². The first-order chi connectivity index (χ1) is 14.7. The highest BCUT2D eigenvalue weighted by molar-refractivity contribution is 5.83. The first-order valence-corrected chi connectivity index (χ1v) is 9.64. The van der Waals surface area contributed by atoms with Crippen LogP contribution in [0.3, 0.4) is 0 Å². The summed E-state index contributed by atoms with van der Waals surface area (Å²) in [6.07, 6.45) is 9.08. The maximum absolute atomic E-state index is 13.7. The van der Waals surface area contributed by atoms with Crippen LogP contribution in [0.1, 0.15) is 11.1 Å². The van der Waals surface area contributed by atoms with Crippen LogP contribution in [0.25, 0.3) is 33.9 Å². The van der Waals surface area contributed by atoms with E-state index in [0.717, 1.165) is 23.3 Å². The molecule has 0 fully saturated rings. The number of hydrogen-bond acceptors (Lipinski definition) is 4. The number of H-pyrrole nitrogens is 1. The van der Waals surface area contributed by atoms with Gasteiger partial charge in [-0.15, -0.1) is 0 Å². The fourth-order valence-corrected chi connectivity index (χ4v) is 3.61. The number of anilines is 1. The second-order valence-corrected chi connectivity index (χ2v) is 6.99. The standard InChI is InChI=1S/C23H19FN6/c1-2-15-13-28-30-22(10-21(29-23(15)30)17-9-18(24)14-25-11-17)26-8-7-16-12-27-20-6-4-3-5-19(16)20/h2-6,9-14,26-27H,1,7-8H2. The lowest BCUT2D eigenvalue weighted by molar-refractivity contribution is 0.622. The molecule has 0 spiro atoms.